The van der Waals surface area contributed by atoms with Gasteiger partial charge >= 0.3 is 0 Å². The van der Waals surface area contributed by atoms with Gasteiger partial charge in [0.15, 0.2) is 0 Å². The number of carbonyl (C=O) groups is 1. The fourth-order valence-electron chi connectivity index (χ4n) is 3.19. The number of fused-ring (bicyclic) bond motifs is 1. The summed E-state index contributed by atoms with van der Waals surface area (Å²) in [5.74, 6) is 0.586. The summed E-state index contributed by atoms with van der Waals surface area (Å²) in [5.41, 5.74) is 3.35. The van der Waals surface area contributed by atoms with Crippen molar-refractivity contribution in [3.8, 4) is 17.1 Å². The van der Waals surface area contributed by atoms with Crippen LogP contribution in [0.4, 0.5) is 10.1 Å². The van der Waals surface area contributed by atoms with Crippen LogP contribution in [-0.4, -0.2) is 22.6 Å². The predicted octanol–water partition coefficient (Wildman–Crippen LogP) is 4.64. The molecule has 28 heavy (non-hydrogen) atoms. The Bertz CT molecular complexity index is 1180. The van der Waals surface area contributed by atoms with E-state index in [-0.39, 0.29) is 11.7 Å². The first-order chi connectivity index (χ1) is 13.6. The molecule has 0 radical (unpaired) electrons. The lowest BCUT2D eigenvalue weighted by atomic mass is 10.2. The largest absolute Gasteiger partial charge is 0.496 e. The van der Waals surface area contributed by atoms with Gasteiger partial charge in [0.2, 0.25) is 0 Å². The number of hydrogen-bond donors (Lipinski definition) is 1. The van der Waals surface area contributed by atoms with Gasteiger partial charge in [0.25, 0.3) is 5.91 Å². The number of carbonyl (C=O) groups excluding carboxylic acids is 1. The van der Waals surface area contributed by atoms with Gasteiger partial charge in [-0.2, -0.15) is 0 Å². The highest BCUT2D eigenvalue weighted by atomic mass is 19.1. The molecular formula is C22H18FN3O2. The molecular weight excluding hydrogens is 357 g/mol. The van der Waals surface area contributed by atoms with E-state index in [1.807, 2.05) is 35.9 Å². The minimum absolute atomic E-state index is 0.266. The van der Waals surface area contributed by atoms with Gasteiger partial charge in [-0.25, -0.2) is 9.37 Å². The Morgan fingerprint density at radius 3 is 2.68 bits per heavy atom. The van der Waals surface area contributed by atoms with Crippen molar-refractivity contribution in [3.63, 3.8) is 0 Å². The molecule has 0 fully saturated rings. The number of aryl methyl sites for hydroxylation is 1. The lowest BCUT2D eigenvalue weighted by molar-refractivity contribution is 0.102. The van der Waals surface area contributed by atoms with Crippen LogP contribution in [-0.2, 0) is 7.05 Å². The number of imidazole rings is 1. The number of hydrogen-bond acceptors (Lipinski definition) is 3. The smallest absolute Gasteiger partial charge is 0.259 e. The number of ether oxygens (including phenoxy) is 1. The first kappa shape index (κ1) is 17.7. The van der Waals surface area contributed by atoms with Crippen molar-refractivity contribution in [1.82, 2.24) is 9.55 Å². The van der Waals surface area contributed by atoms with Crippen LogP contribution in [0.3, 0.4) is 0 Å². The standard InChI is InChI=1S/C22H18FN3O2/c1-26-19-11-10-16(24-22(27)17-8-3-4-9-20(17)28-2)13-18(19)25-21(26)14-6-5-7-15(23)12-14/h3-13H,1-2H3,(H,24,27). The molecule has 0 aliphatic carbocycles. The number of anilines is 1. The minimum Gasteiger partial charge on any atom is -0.496 e. The molecule has 3 aromatic carbocycles. The maximum Gasteiger partial charge on any atom is 0.259 e. The van der Waals surface area contributed by atoms with Gasteiger partial charge in [-0.3, -0.25) is 4.79 Å². The van der Waals surface area contributed by atoms with Crippen LogP contribution in [0.2, 0.25) is 0 Å². The Labute approximate surface area is 161 Å². The number of benzene rings is 3. The number of para-hydroxylation sites is 1. The summed E-state index contributed by atoms with van der Waals surface area (Å²) in [5, 5.41) is 2.87. The Morgan fingerprint density at radius 1 is 1.07 bits per heavy atom. The van der Waals surface area contributed by atoms with Crippen LogP contribution >= 0.6 is 0 Å². The quantitative estimate of drug-likeness (QED) is 0.565. The highest BCUT2D eigenvalue weighted by Crippen LogP contribution is 2.27. The summed E-state index contributed by atoms with van der Waals surface area (Å²) in [4.78, 5) is 17.2. The summed E-state index contributed by atoms with van der Waals surface area (Å²) < 4.78 is 20.7. The highest BCUT2D eigenvalue weighted by Gasteiger charge is 2.14. The zero-order valence-corrected chi connectivity index (χ0v) is 15.4. The third-order valence-electron chi connectivity index (χ3n) is 4.57. The van der Waals surface area contributed by atoms with E-state index in [4.69, 9.17) is 4.74 Å². The molecule has 1 N–H and O–H groups in total. The number of rotatable bonds is 4. The van der Waals surface area contributed by atoms with Crippen molar-refractivity contribution in [2.45, 2.75) is 0 Å². The molecule has 1 heterocycles. The molecule has 1 aromatic heterocycles. The van der Waals surface area contributed by atoms with Crippen LogP contribution < -0.4 is 10.1 Å². The van der Waals surface area contributed by atoms with E-state index in [1.54, 1.807) is 30.3 Å². The molecule has 0 spiro atoms. The van der Waals surface area contributed by atoms with E-state index in [1.165, 1.54) is 19.2 Å². The van der Waals surface area contributed by atoms with Gasteiger partial charge in [-0.15, -0.1) is 0 Å². The van der Waals surface area contributed by atoms with E-state index >= 15 is 0 Å². The Morgan fingerprint density at radius 2 is 1.89 bits per heavy atom. The van der Waals surface area contributed by atoms with Crippen LogP contribution in [0, 0.1) is 5.82 Å². The molecule has 5 nitrogen and oxygen atoms in total. The summed E-state index contributed by atoms with van der Waals surface area (Å²) in [6.07, 6.45) is 0. The normalized spacial score (nSPS) is 10.8. The van der Waals surface area contributed by atoms with E-state index < -0.39 is 0 Å². The zero-order valence-electron chi connectivity index (χ0n) is 15.4. The van der Waals surface area contributed by atoms with Crippen molar-refractivity contribution < 1.29 is 13.9 Å². The Kier molecular flexibility index (Phi) is 4.53. The molecule has 0 bridgehead atoms. The summed E-state index contributed by atoms with van der Waals surface area (Å²) >= 11 is 0. The number of methoxy groups -OCH3 is 1. The second-order valence-electron chi connectivity index (χ2n) is 6.36. The van der Waals surface area contributed by atoms with Gasteiger partial charge in [0.1, 0.15) is 17.4 Å². The highest BCUT2D eigenvalue weighted by molar-refractivity contribution is 6.06. The Hall–Kier alpha value is -3.67. The van der Waals surface area contributed by atoms with E-state index in [0.717, 1.165) is 5.52 Å². The average Bonchev–Trinajstić information content (AvgIpc) is 3.04. The Balaban J connectivity index is 1.68. The van der Waals surface area contributed by atoms with Crippen molar-refractivity contribution in [2.75, 3.05) is 12.4 Å². The van der Waals surface area contributed by atoms with Gasteiger partial charge < -0.3 is 14.6 Å². The SMILES string of the molecule is COc1ccccc1C(=O)Nc1ccc2c(c1)nc(-c1cccc(F)c1)n2C. The maximum absolute atomic E-state index is 13.6. The first-order valence-corrected chi connectivity index (χ1v) is 8.73. The number of aromatic nitrogens is 2. The number of amides is 1. The lowest BCUT2D eigenvalue weighted by Crippen LogP contribution is -2.13. The van der Waals surface area contributed by atoms with Gasteiger partial charge in [-0.1, -0.05) is 24.3 Å². The molecule has 0 saturated heterocycles. The van der Waals surface area contributed by atoms with E-state index in [0.29, 0.717) is 33.9 Å². The molecule has 4 aromatic rings. The molecule has 0 saturated carbocycles. The third kappa shape index (κ3) is 3.20. The summed E-state index contributed by atoms with van der Waals surface area (Å²) in [6, 6.07) is 18.8. The van der Waals surface area contributed by atoms with E-state index in [2.05, 4.69) is 10.3 Å². The van der Waals surface area contributed by atoms with Crippen molar-refractivity contribution in [3.05, 3.63) is 78.1 Å². The molecule has 0 unspecified atom stereocenters. The van der Waals surface area contributed by atoms with Gasteiger partial charge in [0, 0.05) is 18.3 Å². The maximum atomic E-state index is 13.6. The van der Waals surface area contributed by atoms with Crippen LogP contribution in [0.5, 0.6) is 5.75 Å². The third-order valence-corrected chi connectivity index (χ3v) is 4.57. The van der Waals surface area contributed by atoms with Crippen LogP contribution in [0.25, 0.3) is 22.4 Å². The lowest BCUT2D eigenvalue weighted by Gasteiger charge is -2.09. The first-order valence-electron chi connectivity index (χ1n) is 8.73. The van der Waals surface area contributed by atoms with Crippen molar-refractivity contribution in [2.24, 2.45) is 7.05 Å². The van der Waals surface area contributed by atoms with E-state index in [9.17, 15) is 9.18 Å². The molecule has 0 atom stereocenters. The monoisotopic (exact) mass is 375 g/mol. The molecule has 6 heteroatoms. The predicted molar refractivity (Wildman–Crippen MR) is 107 cm³/mol. The van der Waals surface area contributed by atoms with Crippen LogP contribution in [0.1, 0.15) is 10.4 Å². The topological polar surface area (TPSA) is 56.1 Å². The molecule has 1 amide bonds. The molecule has 140 valence electrons. The fourth-order valence-corrected chi connectivity index (χ4v) is 3.19. The molecule has 0 aliphatic rings. The fraction of sp³-hybridized carbons (Fsp3) is 0.0909. The van der Waals surface area contributed by atoms with Crippen molar-refractivity contribution in [1.29, 1.82) is 0 Å². The number of nitrogens with one attached hydrogen (secondary N) is 1. The average molecular weight is 375 g/mol. The minimum atomic E-state index is -0.311. The summed E-state index contributed by atoms with van der Waals surface area (Å²) in [7, 11) is 3.41. The zero-order chi connectivity index (χ0) is 19.7. The number of nitrogens with zero attached hydrogens (tertiary/aromatic N) is 2. The van der Waals surface area contributed by atoms with Crippen LogP contribution in [0.15, 0.2) is 66.7 Å². The number of halogens is 1. The second kappa shape index (κ2) is 7.15. The van der Waals surface area contributed by atoms with Gasteiger partial charge in [-0.05, 0) is 42.5 Å². The van der Waals surface area contributed by atoms with Crippen molar-refractivity contribution >= 4 is 22.6 Å². The second-order valence-corrected chi connectivity index (χ2v) is 6.36. The molecule has 4 rings (SSSR count). The summed E-state index contributed by atoms with van der Waals surface area (Å²) in [6.45, 7) is 0. The van der Waals surface area contributed by atoms with Gasteiger partial charge in [0.05, 0.1) is 23.7 Å². The molecule has 0 aliphatic heterocycles.